The van der Waals surface area contributed by atoms with Crippen LogP contribution in [0.15, 0.2) is 18.5 Å². The van der Waals surface area contributed by atoms with Gasteiger partial charge in [-0.1, -0.05) is 18.5 Å². The lowest BCUT2D eigenvalue weighted by Crippen LogP contribution is -1.99. The first-order valence-electron chi connectivity index (χ1n) is 4.29. The van der Waals surface area contributed by atoms with E-state index in [9.17, 15) is 0 Å². The summed E-state index contributed by atoms with van der Waals surface area (Å²) >= 11 is 5.98. The first-order valence-corrected chi connectivity index (χ1v) is 4.66. The fourth-order valence-corrected chi connectivity index (χ4v) is 1.51. The van der Waals surface area contributed by atoms with Gasteiger partial charge in [0.05, 0.1) is 16.6 Å². The van der Waals surface area contributed by atoms with Gasteiger partial charge in [-0.3, -0.25) is 0 Å². The van der Waals surface area contributed by atoms with Crippen molar-refractivity contribution in [3.63, 3.8) is 0 Å². The predicted octanol–water partition coefficient (Wildman–Crippen LogP) is 2.49. The molecule has 13 heavy (non-hydrogen) atoms. The number of aromatic nitrogens is 3. The Morgan fingerprint density at radius 3 is 3.15 bits per heavy atom. The van der Waals surface area contributed by atoms with Gasteiger partial charge in [-0.05, 0) is 12.5 Å². The summed E-state index contributed by atoms with van der Waals surface area (Å²) < 4.78 is 1.88. The average molecular weight is 196 g/mol. The van der Waals surface area contributed by atoms with Gasteiger partial charge in [0.1, 0.15) is 0 Å². The Labute approximate surface area is 81.3 Å². The molecule has 0 aliphatic rings. The van der Waals surface area contributed by atoms with Crippen LogP contribution in [0, 0.1) is 0 Å². The molecule has 0 N–H and O–H groups in total. The summed E-state index contributed by atoms with van der Waals surface area (Å²) in [7, 11) is 0. The van der Waals surface area contributed by atoms with E-state index in [1.807, 2.05) is 4.68 Å². The van der Waals surface area contributed by atoms with Gasteiger partial charge in [-0.25, -0.2) is 9.67 Å². The van der Waals surface area contributed by atoms with Crippen molar-refractivity contribution in [1.29, 1.82) is 0 Å². The molecule has 4 heteroatoms. The lowest BCUT2D eigenvalue weighted by molar-refractivity contribution is 0.617. The van der Waals surface area contributed by atoms with Crippen molar-refractivity contribution in [2.24, 2.45) is 0 Å². The maximum atomic E-state index is 5.98. The maximum Gasteiger partial charge on any atom is 0.159 e. The van der Waals surface area contributed by atoms with Crippen molar-refractivity contribution in [3.05, 3.63) is 23.5 Å². The Morgan fingerprint density at radius 2 is 2.38 bits per heavy atom. The van der Waals surface area contributed by atoms with E-state index in [0.29, 0.717) is 5.02 Å². The third-order valence-corrected chi connectivity index (χ3v) is 2.25. The number of nitrogens with zero attached hydrogens (tertiary/aromatic N) is 3. The molecule has 0 amide bonds. The van der Waals surface area contributed by atoms with Crippen LogP contribution < -0.4 is 0 Å². The second-order valence-corrected chi connectivity index (χ2v) is 3.30. The van der Waals surface area contributed by atoms with E-state index in [2.05, 4.69) is 17.0 Å². The van der Waals surface area contributed by atoms with E-state index in [1.54, 1.807) is 18.5 Å². The number of hydrogen-bond donors (Lipinski definition) is 0. The zero-order chi connectivity index (χ0) is 9.26. The van der Waals surface area contributed by atoms with E-state index in [1.165, 1.54) is 0 Å². The maximum absolute atomic E-state index is 5.98. The first kappa shape index (κ1) is 8.51. The number of aryl methyl sites for hydroxylation is 1. The fraction of sp³-hybridized carbons (Fsp3) is 0.333. The molecule has 0 bridgehead atoms. The largest absolute Gasteiger partial charge is 0.247 e. The molecule has 0 aliphatic heterocycles. The van der Waals surface area contributed by atoms with E-state index in [4.69, 9.17) is 11.6 Å². The van der Waals surface area contributed by atoms with Gasteiger partial charge in [0, 0.05) is 12.7 Å². The van der Waals surface area contributed by atoms with Crippen LogP contribution in [-0.4, -0.2) is 14.8 Å². The van der Waals surface area contributed by atoms with Gasteiger partial charge < -0.3 is 0 Å². The number of rotatable bonds is 2. The molecule has 0 aromatic carbocycles. The van der Waals surface area contributed by atoms with Crippen molar-refractivity contribution in [3.8, 4) is 0 Å². The van der Waals surface area contributed by atoms with E-state index in [0.717, 1.165) is 24.0 Å². The summed E-state index contributed by atoms with van der Waals surface area (Å²) in [4.78, 5) is 4.24. The highest BCUT2D eigenvalue weighted by Crippen LogP contribution is 2.20. The predicted molar refractivity (Wildman–Crippen MR) is 52.8 cm³/mol. The molecule has 0 aliphatic carbocycles. The molecule has 0 radical (unpaired) electrons. The molecule has 3 nitrogen and oxygen atoms in total. The van der Waals surface area contributed by atoms with Gasteiger partial charge >= 0.3 is 0 Å². The Bertz CT molecular complexity index is 422. The molecule has 2 rings (SSSR count). The van der Waals surface area contributed by atoms with Gasteiger partial charge in [0.15, 0.2) is 5.65 Å². The molecule has 0 unspecified atom stereocenters. The highest BCUT2D eigenvalue weighted by molar-refractivity contribution is 6.35. The van der Waals surface area contributed by atoms with E-state index >= 15 is 0 Å². The number of halogens is 1. The minimum atomic E-state index is 0.715. The zero-order valence-electron chi connectivity index (χ0n) is 7.37. The minimum absolute atomic E-state index is 0.715. The molecular weight excluding hydrogens is 186 g/mol. The van der Waals surface area contributed by atoms with Crippen molar-refractivity contribution >= 4 is 22.6 Å². The van der Waals surface area contributed by atoms with Gasteiger partial charge in [0.2, 0.25) is 0 Å². The number of hydrogen-bond acceptors (Lipinski definition) is 2. The second-order valence-electron chi connectivity index (χ2n) is 2.90. The van der Waals surface area contributed by atoms with Crippen molar-refractivity contribution in [2.45, 2.75) is 19.9 Å². The third-order valence-electron chi connectivity index (χ3n) is 1.92. The highest BCUT2D eigenvalue weighted by atomic mass is 35.5. The SMILES string of the molecule is CCCn1ncc2c(Cl)ccnc21. The van der Waals surface area contributed by atoms with Crippen LogP contribution in [0.5, 0.6) is 0 Å². The molecule has 2 aromatic heterocycles. The second kappa shape index (κ2) is 3.34. The molecule has 68 valence electrons. The van der Waals surface area contributed by atoms with Crippen LogP contribution in [0.25, 0.3) is 11.0 Å². The van der Waals surface area contributed by atoms with Crippen LogP contribution >= 0.6 is 11.6 Å². The molecule has 2 heterocycles. The van der Waals surface area contributed by atoms with Gasteiger partial charge in [0.25, 0.3) is 0 Å². The summed E-state index contributed by atoms with van der Waals surface area (Å²) in [6.45, 7) is 2.99. The zero-order valence-corrected chi connectivity index (χ0v) is 8.12. The van der Waals surface area contributed by atoms with E-state index < -0.39 is 0 Å². The summed E-state index contributed by atoms with van der Waals surface area (Å²) in [5.41, 5.74) is 0.870. The first-order chi connectivity index (χ1) is 6.33. The van der Waals surface area contributed by atoms with Crippen molar-refractivity contribution in [1.82, 2.24) is 14.8 Å². The molecule has 0 saturated heterocycles. The van der Waals surface area contributed by atoms with Gasteiger partial charge in [-0.15, -0.1) is 0 Å². The Balaban J connectivity index is 2.61. The quantitative estimate of drug-likeness (QED) is 0.737. The summed E-state index contributed by atoms with van der Waals surface area (Å²) in [5, 5.41) is 5.86. The lowest BCUT2D eigenvalue weighted by Gasteiger charge is -1.98. The van der Waals surface area contributed by atoms with Crippen LogP contribution in [0.1, 0.15) is 13.3 Å². The third kappa shape index (κ3) is 1.40. The van der Waals surface area contributed by atoms with E-state index in [-0.39, 0.29) is 0 Å². The minimum Gasteiger partial charge on any atom is -0.247 e. The monoisotopic (exact) mass is 195 g/mol. The van der Waals surface area contributed by atoms with Crippen molar-refractivity contribution in [2.75, 3.05) is 0 Å². The highest BCUT2D eigenvalue weighted by Gasteiger charge is 2.05. The molecule has 0 fully saturated rings. The summed E-state index contributed by atoms with van der Waals surface area (Å²) in [6.07, 6.45) is 4.52. The fourth-order valence-electron chi connectivity index (χ4n) is 1.32. The van der Waals surface area contributed by atoms with Crippen LogP contribution in [-0.2, 0) is 6.54 Å². The Morgan fingerprint density at radius 1 is 1.54 bits per heavy atom. The summed E-state index contributed by atoms with van der Waals surface area (Å²) in [6, 6.07) is 1.78. The summed E-state index contributed by atoms with van der Waals surface area (Å²) in [5.74, 6) is 0. The topological polar surface area (TPSA) is 30.7 Å². The standard InChI is InChI=1S/C9H10ClN3/c1-2-5-13-9-7(6-12-13)8(10)3-4-11-9/h3-4,6H,2,5H2,1H3. The normalized spacial score (nSPS) is 10.9. The Hall–Kier alpha value is -1.09. The average Bonchev–Trinajstić information content (AvgIpc) is 2.51. The number of fused-ring (bicyclic) bond motifs is 1. The molecule has 0 atom stereocenters. The molecular formula is C9H10ClN3. The van der Waals surface area contributed by atoms with Crippen LogP contribution in [0.2, 0.25) is 5.02 Å². The van der Waals surface area contributed by atoms with Crippen molar-refractivity contribution < 1.29 is 0 Å². The smallest absolute Gasteiger partial charge is 0.159 e. The van der Waals surface area contributed by atoms with Gasteiger partial charge in [-0.2, -0.15) is 5.10 Å². The molecule has 2 aromatic rings. The number of pyridine rings is 1. The molecule has 0 saturated carbocycles. The van der Waals surface area contributed by atoms with Crippen LogP contribution in [0.4, 0.5) is 0 Å². The molecule has 0 spiro atoms. The Kier molecular flexibility index (Phi) is 2.19. The van der Waals surface area contributed by atoms with Crippen LogP contribution in [0.3, 0.4) is 0 Å². The lowest BCUT2D eigenvalue weighted by atomic mass is 10.3.